The van der Waals surface area contributed by atoms with E-state index in [-0.39, 0.29) is 0 Å². The van der Waals surface area contributed by atoms with Gasteiger partial charge >= 0.3 is 0 Å². The SMILES string of the molecule is CC(C)(C)C1CCC(O)(c2ccc(Br)cc2)CC1. The van der Waals surface area contributed by atoms with Gasteiger partial charge in [-0.25, -0.2) is 0 Å². The minimum Gasteiger partial charge on any atom is -0.385 e. The molecular weight excluding hydrogens is 288 g/mol. The van der Waals surface area contributed by atoms with Gasteiger partial charge in [-0.3, -0.25) is 0 Å². The van der Waals surface area contributed by atoms with Gasteiger partial charge in [0.2, 0.25) is 0 Å². The van der Waals surface area contributed by atoms with E-state index in [4.69, 9.17) is 0 Å². The van der Waals surface area contributed by atoms with Crippen LogP contribution < -0.4 is 0 Å². The van der Waals surface area contributed by atoms with Crippen LogP contribution in [0.1, 0.15) is 52.0 Å². The zero-order valence-corrected chi connectivity index (χ0v) is 13.1. The molecule has 0 atom stereocenters. The van der Waals surface area contributed by atoms with Crippen LogP contribution in [0.3, 0.4) is 0 Å². The Labute approximate surface area is 119 Å². The summed E-state index contributed by atoms with van der Waals surface area (Å²) < 4.78 is 1.07. The molecule has 1 aromatic rings. The summed E-state index contributed by atoms with van der Waals surface area (Å²) in [5.41, 5.74) is 0.821. The van der Waals surface area contributed by atoms with Crippen LogP contribution in [0.25, 0.3) is 0 Å². The second-order valence-electron chi connectivity index (χ2n) is 6.68. The van der Waals surface area contributed by atoms with Gasteiger partial charge in [0, 0.05) is 4.47 Å². The van der Waals surface area contributed by atoms with Crippen molar-refractivity contribution >= 4 is 15.9 Å². The summed E-state index contributed by atoms with van der Waals surface area (Å²) in [6, 6.07) is 8.12. The molecule has 0 saturated heterocycles. The molecule has 0 spiro atoms. The highest BCUT2D eigenvalue weighted by atomic mass is 79.9. The lowest BCUT2D eigenvalue weighted by Crippen LogP contribution is -2.35. The fourth-order valence-electron chi connectivity index (χ4n) is 3.01. The van der Waals surface area contributed by atoms with Crippen molar-refractivity contribution in [3.05, 3.63) is 34.3 Å². The van der Waals surface area contributed by atoms with Crippen LogP contribution in [-0.2, 0) is 5.60 Å². The monoisotopic (exact) mass is 310 g/mol. The molecule has 1 aromatic carbocycles. The molecule has 0 radical (unpaired) electrons. The summed E-state index contributed by atoms with van der Waals surface area (Å²) in [6.45, 7) is 6.92. The van der Waals surface area contributed by atoms with E-state index in [1.807, 2.05) is 24.3 Å². The van der Waals surface area contributed by atoms with Crippen molar-refractivity contribution in [2.75, 3.05) is 0 Å². The van der Waals surface area contributed by atoms with Gasteiger partial charge < -0.3 is 5.11 Å². The van der Waals surface area contributed by atoms with Gasteiger partial charge in [-0.05, 0) is 54.7 Å². The van der Waals surface area contributed by atoms with Crippen molar-refractivity contribution in [1.29, 1.82) is 0 Å². The molecular formula is C16H23BrO. The first-order valence-corrected chi connectivity index (χ1v) is 7.59. The highest BCUT2D eigenvalue weighted by Gasteiger charge is 2.38. The Kier molecular flexibility index (Phi) is 3.89. The number of hydrogen-bond acceptors (Lipinski definition) is 1. The standard InChI is InChI=1S/C16H23BrO/c1-15(2,3)12-8-10-16(18,11-9-12)13-4-6-14(17)7-5-13/h4-7,12,18H,8-11H2,1-3H3. The van der Waals surface area contributed by atoms with Crippen LogP contribution in [0.4, 0.5) is 0 Å². The molecule has 0 bridgehead atoms. The molecule has 2 rings (SSSR count). The average molecular weight is 311 g/mol. The minimum absolute atomic E-state index is 0.362. The Morgan fingerprint density at radius 1 is 1.11 bits per heavy atom. The molecule has 2 heteroatoms. The summed E-state index contributed by atoms with van der Waals surface area (Å²) in [6.07, 6.45) is 4.01. The zero-order chi connectivity index (χ0) is 13.4. The molecule has 1 aliphatic carbocycles. The highest BCUT2D eigenvalue weighted by molar-refractivity contribution is 9.10. The zero-order valence-electron chi connectivity index (χ0n) is 11.5. The van der Waals surface area contributed by atoms with Crippen molar-refractivity contribution in [2.24, 2.45) is 11.3 Å². The second kappa shape index (κ2) is 4.97. The van der Waals surface area contributed by atoms with E-state index < -0.39 is 5.60 Å². The molecule has 1 saturated carbocycles. The van der Waals surface area contributed by atoms with Crippen LogP contribution in [0.5, 0.6) is 0 Å². The molecule has 18 heavy (non-hydrogen) atoms. The third-order valence-electron chi connectivity index (χ3n) is 4.42. The quantitative estimate of drug-likeness (QED) is 0.784. The molecule has 100 valence electrons. The molecule has 0 aromatic heterocycles. The normalized spacial score (nSPS) is 29.3. The van der Waals surface area contributed by atoms with Gasteiger partial charge in [0.15, 0.2) is 0 Å². The van der Waals surface area contributed by atoms with E-state index in [0.717, 1.165) is 41.6 Å². The molecule has 1 aliphatic rings. The van der Waals surface area contributed by atoms with E-state index >= 15 is 0 Å². The Hall–Kier alpha value is -0.340. The third kappa shape index (κ3) is 2.97. The first-order chi connectivity index (χ1) is 8.31. The summed E-state index contributed by atoms with van der Waals surface area (Å²) in [5, 5.41) is 10.8. The van der Waals surface area contributed by atoms with E-state index in [9.17, 15) is 5.11 Å². The van der Waals surface area contributed by atoms with E-state index in [1.54, 1.807) is 0 Å². The highest BCUT2D eigenvalue weighted by Crippen LogP contribution is 2.45. The van der Waals surface area contributed by atoms with Gasteiger partial charge in [-0.2, -0.15) is 0 Å². The van der Waals surface area contributed by atoms with Gasteiger partial charge in [0.05, 0.1) is 5.60 Å². The fourth-order valence-corrected chi connectivity index (χ4v) is 3.27. The summed E-state index contributed by atoms with van der Waals surface area (Å²) in [4.78, 5) is 0. The fraction of sp³-hybridized carbons (Fsp3) is 0.625. The average Bonchev–Trinajstić information content (AvgIpc) is 2.29. The Morgan fingerprint density at radius 2 is 1.61 bits per heavy atom. The third-order valence-corrected chi connectivity index (χ3v) is 4.95. The number of hydrogen-bond donors (Lipinski definition) is 1. The number of halogens is 1. The van der Waals surface area contributed by atoms with E-state index in [2.05, 4.69) is 36.7 Å². The topological polar surface area (TPSA) is 20.2 Å². The number of rotatable bonds is 1. The molecule has 1 nitrogen and oxygen atoms in total. The summed E-state index contributed by atoms with van der Waals surface area (Å²) in [5.74, 6) is 0.730. The van der Waals surface area contributed by atoms with Crippen LogP contribution in [0.2, 0.25) is 0 Å². The lowest BCUT2D eigenvalue weighted by atomic mass is 9.67. The lowest BCUT2D eigenvalue weighted by molar-refractivity contribution is -0.0298. The van der Waals surface area contributed by atoms with Crippen molar-refractivity contribution in [3.63, 3.8) is 0 Å². The van der Waals surface area contributed by atoms with Crippen molar-refractivity contribution in [1.82, 2.24) is 0 Å². The molecule has 1 N–H and O–H groups in total. The van der Waals surface area contributed by atoms with Crippen LogP contribution in [-0.4, -0.2) is 5.11 Å². The van der Waals surface area contributed by atoms with Gasteiger partial charge in [-0.15, -0.1) is 0 Å². The predicted octanol–water partition coefficient (Wildman–Crippen LogP) is 4.87. The van der Waals surface area contributed by atoms with Crippen LogP contribution in [0, 0.1) is 11.3 Å². The lowest BCUT2D eigenvalue weighted by Gasteiger charge is -2.41. The summed E-state index contributed by atoms with van der Waals surface area (Å²) in [7, 11) is 0. The molecule has 0 unspecified atom stereocenters. The van der Waals surface area contributed by atoms with E-state index in [0.29, 0.717) is 5.41 Å². The van der Waals surface area contributed by atoms with Crippen molar-refractivity contribution < 1.29 is 5.11 Å². The molecule has 0 heterocycles. The summed E-state index contributed by atoms with van der Waals surface area (Å²) >= 11 is 3.44. The van der Waals surface area contributed by atoms with Crippen molar-refractivity contribution in [3.8, 4) is 0 Å². The smallest absolute Gasteiger partial charge is 0.0896 e. The molecule has 0 aliphatic heterocycles. The Morgan fingerprint density at radius 3 is 2.06 bits per heavy atom. The largest absolute Gasteiger partial charge is 0.385 e. The minimum atomic E-state index is -0.609. The van der Waals surface area contributed by atoms with Crippen LogP contribution in [0.15, 0.2) is 28.7 Å². The second-order valence-corrected chi connectivity index (χ2v) is 7.59. The molecule has 1 fully saturated rings. The number of aliphatic hydroxyl groups is 1. The van der Waals surface area contributed by atoms with Gasteiger partial charge in [-0.1, -0.05) is 48.8 Å². The maximum atomic E-state index is 10.8. The maximum absolute atomic E-state index is 10.8. The Balaban J connectivity index is 2.10. The Bertz CT molecular complexity index is 394. The van der Waals surface area contributed by atoms with Crippen molar-refractivity contribution in [2.45, 2.75) is 52.1 Å². The molecule has 0 amide bonds. The van der Waals surface area contributed by atoms with Crippen LogP contribution >= 0.6 is 15.9 Å². The predicted molar refractivity (Wildman–Crippen MR) is 79.5 cm³/mol. The van der Waals surface area contributed by atoms with E-state index in [1.165, 1.54) is 0 Å². The first-order valence-electron chi connectivity index (χ1n) is 6.80. The van der Waals surface area contributed by atoms with Gasteiger partial charge in [0.25, 0.3) is 0 Å². The first kappa shape index (κ1) is 14.1. The van der Waals surface area contributed by atoms with Gasteiger partial charge in [0.1, 0.15) is 0 Å². The number of benzene rings is 1. The maximum Gasteiger partial charge on any atom is 0.0896 e.